The molecule has 0 fully saturated rings. The number of ether oxygens (including phenoxy) is 1. The van der Waals surface area contributed by atoms with Crippen molar-refractivity contribution in [1.29, 1.82) is 0 Å². The average molecular weight is 376 g/mol. The Morgan fingerprint density at radius 1 is 1.04 bits per heavy atom. The molecule has 0 aliphatic heterocycles. The second kappa shape index (κ2) is 8.14. The minimum Gasteiger partial charge on any atom is -0.497 e. The van der Waals surface area contributed by atoms with E-state index in [0.717, 1.165) is 52.4 Å². The van der Waals surface area contributed by atoms with E-state index in [2.05, 4.69) is 43.9 Å². The lowest BCUT2D eigenvalue weighted by atomic mass is 10.1. The van der Waals surface area contributed by atoms with Gasteiger partial charge in [0.25, 0.3) is 0 Å². The van der Waals surface area contributed by atoms with Gasteiger partial charge >= 0.3 is 0 Å². The van der Waals surface area contributed by atoms with Crippen molar-refractivity contribution in [1.82, 2.24) is 14.3 Å². The summed E-state index contributed by atoms with van der Waals surface area (Å²) in [5.74, 6) is 1.65. The van der Waals surface area contributed by atoms with Crippen LogP contribution in [0.2, 0.25) is 0 Å². The lowest BCUT2D eigenvalue weighted by Crippen LogP contribution is -2.02. The zero-order chi connectivity index (χ0) is 18.5. The fraction of sp³-hybridized carbons (Fsp3) is 0.190. The Labute approximate surface area is 162 Å². The molecular weight excluding hydrogens is 356 g/mol. The van der Waals surface area contributed by atoms with Gasteiger partial charge in [0.15, 0.2) is 5.82 Å². The van der Waals surface area contributed by atoms with E-state index in [1.54, 1.807) is 13.3 Å². The van der Waals surface area contributed by atoms with E-state index in [9.17, 15) is 0 Å². The largest absolute Gasteiger partial charge is 0.497 e. The summed E-state index contributed by atoms with van der Waals surface area (Å²) in [7, 11) is 1.68. The number of hydrogen-bond donors (Lipinski definition) is 1. The molecule has 0 saturated heterocycles. The van der Waals surface area contributed by atoms with Gasteiger partial charge in [-0.1, -0.05) is 24.3 Å². The summed E-state index contributed by atoms with van der Waals surface area (Å²) in [5, 5.41) is 6.49. The first-order valence-electron chi connectivity index (χ1n) is 8.86. The molecule has 4 aromatic rings. The maximum atomic E-state index is 5.19. The van der Waals surface area contributed by atoms with Crippen LogP contribution in [0.5, 0.6) is 5.75 Å². The smallest absolute Gasteiger partial charge is 0.202 e. The molecule has 0 amide bonds. The maximum absolute atomic E-state index is 5.19. The summed E-state index contributed by atoms with van der Waals surface area (Å²) in [6.07, 6.45) is 5.71. The molecule has 0 aliphatic carbocycles. The highest BCUT2D eigenvalue weighted by Gasteiger charge is 2.07. The molecule has 0 radical (unpaired) electrons. The summed E-state index contributed by atoms with van der Waals surface area (Å²) in [6, 6.07) is 16.4. The van der Waals surface area contributed by atoms with Crippen molar-refractivity contribution in [3.05, 3.63) is 66.5 Å². The van der Waals surface area contributed by atoms with E-state index in [0.29, 0.717) is 0 Å². The molecule has 0 bridgehead atoms. The van der Waals surface area contributed by atoms with Crippen LogP contribution >= 0.6 is 11.5 Å². The standard InChI is InChI=1S/C21H20N4OS/c1-26-19-8-4-15(5-9-19)3-2-11-23-21-24-20(25-27-21)17-6-7-18-14-22-12-10-16(18)13-17/h4-10,12-14H,2-3,11H2,1H3,(H,23,24,25). The normalized spacial score (nSPS) is 10.9. The van der Waals surface area contributed by atoms with E-state index >= 15 is 0 Å². The van der Waals surface area contributed by atoms with Crippen LogP contribution in [-0.4, -0.2) is 28.0 Å². The van der Waals surface area contributed by atoms with Gasteiger partial charge in [0, 0.05) is 41.4 Å². The monoisotopic (exact) mass is 376 g/mol. The highest BCUT2D eigenvalue weighted by atomic mass is 32.1. The molecule has 4 rings (SSSR count). The van der Waals surface area contributed by atoms with E-state index in [1.807, 2.05) is 30.5 Å². The van der Waals surface area contributed by atoms with Gasteiger partial charge in [0.2, 0.25) is 5.13 Å². The molecule has 0 unspecified atom stereocenters. The van der Waals surface area contributed by atoms with Crippen LogP contribution in [0.3, 0.4) is 0 Å². The van der Waals surface area contributed by atoms with Gasteiger partial charge in [-0.25, -0.2) is 0 Å². The van der Waals surface area contributed by atoms with Crippen LogP contribution in [0, 0.1) is 0 Å². The maximum Gasteiger partial charge on any atom is 0.202 e. The molecule has 27 heavy (non-hydrogen) atoms. The number of nitrogens with zero attached hydrogens (tertiary/aromatic N) is 3. The highest BCUT2D eigenvalue weighted by molar-refractivity contribution is 7.09. The number of aromatic nitrogens is 3. The molecule has 2 aromatic heterocycles. The fourth-order valence-corrected chi connectivity index (χ4v) is 3.53. The minimum absolute atomic E-state index is 0.761. The SMILES string of the molecule is COc1ccc(CCCNc2nc(-c3ccc4cnccc4c3)ns2)cc1. The van der Waals surface area contributed by atoms with E-state index in [4.69, 9.17) is 4.74 Å². The first-order chi connectivity index (χ1) is 13.3. The third-order valence-electron chi connectivity index (χ3n) is 4.40. The number of rotatable bonds is 7. The molecule has 6 heteroatoms. The molecule has 0 spiro atoms. The molecule has 2 heterocycles. The molecule has 136 valence electrons. The Bertz CT molecular complexity index is 1030. The Balaban J connectivity index is 1.33. The second-order valence-corrected chi connectivity index (χ2v) is 6.99. The number of pyridine rings is 1. The van der Waals surface area contributed by atoms with Gasteiger partial charge < -0.3 is 10.1 Å². The van der Waals surface area contributed by atoms with Gasteiger partial charge in [-0.05, 0) is 48.1 Å². The van der Waals surface area contributed by atoms with Crippen molar-refractivity contribution in [3.63, 3.8) is 0 Å². The summed E-state index contributed by atoms with van der Waals surface area (Å²) in [6.45, 7) is 0.865. The average Bonchev–Trinajstić information content (AvgIpc) is 3.20. The van der Waals surface area contributed by atoms with Crippen molar-refractivity contribution >= 4 is 27.4 Å². The predicted octanol–water partition coefficient (Wildman–Crippen LogP) is 4.81. The second-order valence-electron chi connectivity index (χ2n) is 6.24. The number of fused-ring (bicyclic) bond motifs is 1. The topological polar surface area (TPSA) is 59.9 Å². The van der Waals surface area contributed by atoms with Crippen LogP contribution < -0.4 is 10.1 Å². The lowest BCUT2D eigenvalue weighted by Gasteiger charge is -2.04. The molecule has 1 N–H and O–H groups in total. The van der Waals surface area contributed by atoms with E-state index in [-0.39, 0.29) is 0 Å². The predicted molar refractivity (Wildman–Crippen MR) is 110 cm³/mol. The summed E-state index contributed by atoms with van der Waals surface area (Å²) >= 11 is 1.40. The Morgan fingerprint density at radius 3 is 2.78 bits per heavy atom. The Morgan fingerprint density at radius 2 is 1.93 bits per heavy atom. The molecule has 2 aromatic carbocycles. The number of anilines is 1. The zero-order valence-electron chi connectivity index (χ0n) is 15.1. The van der Waals surface area contributed by atoms with Crippen LogP contribution in [0.4, 0.5) is 5.13 Å². The molecular formula is C21H20N4OS. The molecule has 0 atom stereocenters. The Hall–Kier alpha value is -2.99. The zero-order valence-corrected chi connectivity index (χ0v) is 15.9. The van der Waals surface area contributed by atoms with Gasteiger partial charge in [-0.2, -0.15) is 9.36 Å². The minimum atomic E-state index is 0.761. The van der Waals surface area contributed by atoms with Gasteiger partial charge in [0.05, 0.1) is 7.11 Å². The van der Waals surface area contributed by atoms with Crippen LogP contribution in [-0.2, 0) is 6.42 Å². The van der Waals surface area contributed by atoms with Crippen molar-refractivity contribution in [2.24, 2.45) is 0 Å². The number of hydrogen-bond acceptors (Lipinski definition) is 6. The first-order valence-corrected chi connectivity index (χ1v) is 9.64. The molecule has 0 aliphatic rings. The fourth-order valence-electron chi connectivity index (χ4n) is 2.91. The number of nitrogens with one attached hydrogen (secondary N) is 1. The molecule has 0 saturated carbocycles. The number of aryl methyl sites for hydroxylation is 1. The van der Waals surface area contributed by atoms with Crippen LogP contribution in [0.1, 0.15) is 12.0 Å². The van der Waals surface area contributed by atoms with Crippen molar-refractivity contribution in [2.45, 2.75) is 12.8 Å². The van der Waals surface area contributed by atoms with Gasteiger partial charge in [-0.15, -0.1) is 0 Å². The Kier molecular flexibility index (Phi) is 5.25. The first kappa shape index (κ1) is 17.4. The number of methoxy groups -OCH3 is 1. The third kappa shape index (κ3) is 4.23. The van der Waals surface area contributed by atoms with Crippen molar-refractivity contribution in [3.8, 4) is 17.1 Å². The van der Waals surface area contributed by atoms with Crippen molar-refractivity contribution in [2.75, 3.05) is 19.0 Å². The lowest BCUT2D eigenvalue weighted by molar-refractivity contribution is 0.414. The third-order valence-corrected chi connectivity index (χ3v) is 5.08. The van der Waals surface area contributed by atoms with E-state index < -0.39 is 0 Å². The van der Waals surface area contributed by atoms with E-state index in [1.165, 1.54) is 17.1 Å². The van der Waals surface area contributed by atoms with Crippen LogP contribution in [0.25, 0.3) is 22.2 Å². The quantitative estimate of drug-likeness (QED) is 0.469. The summed E-state index contributed by atoms with van der Waals surface area (Å²) in [4.78, 5) is 8.76. The molecule has 5 nitrogen and oxygen atoms in total. The summed E-state index contributed by atoms with van der Waals surface area (Å²) in [5.41, 5.74) is 2.33. The summed E-state index contributed by atoms with van der Waals surface area (Å²) < 4.78 is 9.67. The van der Waals surface area contributed by atoms with Gasteiger partial charge in [0.1, 0.15) is 5.75 Å². The number of benzene rings is 2. The van der Waals surface area contributed by atoms with Crippen molar-refractivity contribution < 1.29 is 4.74 Å². The highest BCUT2D eigenvalue weighted by Crippen LogP contribution is 2.24. The van der Waals surface area contributed by atoms with Crippen LogP contribution in [0.15, 0.2) is 60.9 Å². The van der Waals surface area contributed by atoms with Gasteiger partial charge in [-0.3, -0.25) is 4.98 Å².